The van der Waals surface area contributed by atoms with Crippen molar-refractivity contribution in [1.82, 2.24) is 4.98 Å². The van der Waals surface area contributed by atoms with E-state index in [4.69, 9.17) is 4.74 Å². The molecule has 1 heterocycles. The fraction of sp³-hybridized carbons (Fsp3) is 0.538. The molecular formula is C13H15F3N2O2. The van der Waals surface area contributed by atoms with Gasteiger partial charge in [0.25, 0.3) is 0 Å². The molecule has 1 fully saturated rings. The molecule has 1 aromatic rings. The topological polar surface area (TPSA) is 42.4 Å². The summed E-state index contributed by atoms with van der Waals surface area (Å²) in [5.41, 5.74) is 0.235. The number of esters is 1. The number of nitrogens with zero attached hydrogens (tertiary/aromatic N) is 2. The standard InChI is InChI=1S/C13H15F3N2O2/c1-2-20-12(19)9-3-6-11(17-7-9)18(10-4-5-10)8-13(14,15)16/h3,6-7,10H,2,4-5,8H2,1H3. The van der Waals surface area contributed by atoms with Crippen molar-refractivity contribution in [3.63, 3.8) is 0 Å². The van der Waals surface area contributed by atoms with Gasteiger partial charge < -0.3 is 9.64 Å². The molecule has 1 saturated carbocycles. The maximum atomic E-state index is 12.5. The van der Waals surface area contributed by atoms with Crippen molar-refractivity contribution in [3.05, 3.63) is 23.9 Å². The van der Waals surface area contributed by atoms with Crippen molar-refractivity contribution >= 4 is 11.8 Å². The van der Waals surface area contributed by atoms with Crippen LogP contribution in [0.4, 0.5) is 19.0 Å². The Hall–Kier alpha value is -1.79. The van der Waals surface area contributed by atoms with E-state index < -0.39 is 18.7 Å². The molecule has 1 aliphatic rings. The van der Waals surface area contributed by atoms with E-state index in [2.05, 4.69) is 4.98 Å². The number of pyridine rings is 1. The Morgan fingerprint density at radius 3 is 2.60 bits per heavy atom. The van der Waals surface area contributed by atoms with Crippen molar-refractivity contribution < 1.29 is 22.7 Å². The van der Waals surface area contributed by atoms with Crippen molar-refractivity contribution in [1.29, 1.82) is 0 Å². The summed E-state index contributed by atoms with van der Waals surface area (Å²) in [6.45, 7) is 0.893. The SMILES string of the molecule is CCOC(=O)c1ccc(N(CC(F)(F)F)C2CC2)nc1. The minimum Gasteiger partial charge on any atom is -0.462 e. The van der Waals surface area contributed by atoms with E-state index in [0.29, 0.717) is 0 Å². The fourth-order valence-corrected chi connectivity index (χ4v) is 1.87. The van der Waals surface area contributed by atoms with Crippen LogP contribution in [0.1, 0.15) is 30.1 Å². The van der Waals surface area contributed by atoms with Crippen LogP contribution in [0.25, 0.3) is 0 Å². The molecule has 0 amide bonds. The van der Waals surface area contributed by atoms with Gasteiger partial charge >= 0.3 is 12.1 Å². The second-order valence-corrected chi connectivity index (χ2v) is 4.60. The van der Waals surface area contributed by atoms with Crippen LogP contribution in [0, 0.1) is 0 Å². The zero-order chi connectivity index (χ0) is 14.8. The minimum atomic E-state index is -4.27. The molecule has 1 aromatic heterocycles. The molecule has 7 heteroatoms. The Balaban J connectivity index is 2.12. The average Bonchev–Trinajstić information content (AvgIpc) is 3.20. The Labute approximate surface area is 114 Å². The third-order valence-corrected chi connectivity index (χ3v) is 2.89. The van der Waals surface area contributed by atoms with Gasteiger partial charge in [-0.15, -0.1) is 0 Å². The second kappa shape index (κ2) is 5.68. The van der Waals surface area contributed by atoms with E-state index in [0.717, 1.165) is 12.8 Å². The molecule has 1 aliphatic carbocycles. The summed E-state index contributed by atoms with van der Waals surface area (Å²) in [5.74, 6) is -0.293. The van der Waals surface area contributed by atoms with Crippen LogP contribution in [0.3, 0.4) is 0 Å². The third-order valence-electron chi connectivity index (χ3n) is 2.89. The van der Waals surface area contributed by atoms with Gasteiger partial charge in [-0.2, -0.15) is 13.2 Å². The monoisotopic (exact) mass is 288 g/mol. The first-order chi connectivity index (χ1) is 9.40. The first-order valence-electron chi connectivity index (χ1n) is 6.37. The molecule has 0 spiro atoms. The summed E-state index contributed by atoms with van der Waals surface area (Å²) in [4.78, 5) is 16.6. The molecule has 0 atom stereocenters. The number of anilines is 1. The average molecular weight is 288 g/mol. The highest BCUT2D eigenvalue weighted by Crippen LogP contribution is 2.33. The number of halogens is 3. The molecule has 4 nitrogen and oxygen atoms in total. The Morgan fingerprint density at radius 1 is 1.45 bits per heavy atom. The molecule has 20 heavy (non-hydrogen) atoms. The van der Waals surface area contributed by atoms with Crippen molar-refractivity contribution in [3.8, 4) is 0 Å². The van der Waals surface area contributed by atoms with E-state index >= 15 is 0 Å². The molecule has 0 aromatic carbocycles. The zero-order valence-electron chi connectivity index (χ0n) is 11.0. The molecule has 2 rings (SSSR count). The normalized spacial score (nSPS) is 15.0. The maximum Gasteiger partial charge on any atom is 0.405 e. The number of carbonyl (C=O) groups excluding carboxylic acids is 1. The lowest BCUT2D eigenvalue weighted by Gasteiger charge is -2.24. The highest BCUT2D eigenvalue weighted by atomic mass is 19.4. The molecule has 110 valence electrons. The highest BCUT2D eigenvalue weighted by molar-refractivity contribution is 5.89. The van der Waals surface area contributed by atoms with Gasteiger partial charge in [-0.25, -0.2) is 9.78 Å². The van der Waals surface area contributed by atoms with Gasteiger partial charge in [0.1, 0.15) is 12.4 Å². The van der Waals surface area contributed by atoms with Gasteiger partial charge in [-0.1, -0.05) is 0 Å². The molecule has 0 bridgehead atoms. The zero-order valence-corrected chi connectivity index (χ0v) is 11.0. The predicted molar refractivity (Wildman–Crippen MR) is 66.6 cm³/mol. The number of hydrogen-bond acceptors (Lipinski definition) is 4. The number of rotatable bonds is 5. The van der Waals surface area contributed by atoms with Gasteiger partial charge in [-0.3, -0.25) is 0 Å². The molecule has 0 unspecified atom stereocenters. The summed E-state index contributed by atoms with van der Waals surface area (Å²) in [5, 5.41) is 0. The minimum absolute atomic E-state index is 0.113. The van der Waals surface area contributed by atoms with E-state index in [1.165, 1.54) is 23.2 Å². The molecule has 0 radical (unpaired) electrons. The summed E-state index contributed by atoms with van der Waals surface area (Å²) < 4.78 is 42.4. The lowest BCUT2D eigenvalue weighted by atomic mass is 10.2. The van der Waals surface area contributed by atoms with Gasteiger partial charge in [0, 0.05) is 12.2 Å². The maximum absolute atomic E-state index is 12.5. The number of carbonyl (C=O) groups is 1. The lowest BCUT2D eigenvalue weighted by molar-refractivity contribution is -0.120. The van der Waals surface area contributed by atoms with E-state index in [9.17, 15) is 18.0 Å². The van der Waals surface area contributed by atoms with Crippen LogP contribution in [0.5, 0.6) is 0 Å². The predicted octanol–water partition coefficient (Wildman–Crippen LogP) is 2.79. The Morgan fingerprint density at radius 2 is 2.15 bits per heavy atom. The molecular weight excluding hydrogens is 273 g/mol. The first-order valence-corrected chi connectivity index (χ1v) is 6.37. The number of aromatic nitrogens is 1. The van der Waals surface area contributed by atoms with Crippen molar-refractivity contribution in [2.75, 3.05) is 18.1 Å². The fourth-order valence-electron chi connectivity index (χ4n) is 1.87. The smallest absolute Gasteiger partial charge is 0.405 e. The summed E-state index contributed by atoms with van der Waals surface area (Å²) in [6, 6.07) is 2.75. The largest absolute Gasteiger partial charge is 0.462 e. The highest BCUT2D eigenvalue weighted by Gasteiger charge is 2.38. The quantitative estimate of drug-likeness (QED) is 0.781. The van der Waals surface area contributed by atoms with Gasteiger partial charge in [0.05, 0.1) is 12.2 Å². The molecule has 0 aliphatic heterocycles. The van der Waals surface area contributed by atoms with Crippen LogP contribution >= 0.6 is 0 Å². The Bertz CT molecular complexity index is 469. The van der Waals surface area contributed by atoms with E-state index in [-0.39, 0.29) is 24.0 Å². The third kappa shape index (κ3) is 3.85. The van der Waals surface area contributed by atoms with Crippen LogP contribution < -0.4 is 4.90 Å². The van der Waals surface area contributed by atoms with Crippen molar-refractivity contribution in [2.45, 2.75) is 32.0 Å². The molecule has 0 N–H and O–H groups in total. The number of alkyl halides is 3. The summed E-state index contributed by atoms with van der Waals surface area (Å²) in [7, 11) is 0. The summed E-state index contributed by atoms with van der Waals surface area (Å²) >= 11 is 0. The number of hydrogen-bond donors (Lipinski definition) is 0. The second-order valence-electron chi connectivity index (χ2n) is 4.60. The lowest BCUT2D eigenvalue weighted by Crippen LogP contribution is -2.36. The summed E-state index contributed by atoms with van der Waals surface area (Å²) in [6.07, 6.45) is -1.56. The van der Waals surface area contributed by atoms with Crippen molar-refractivity contribution in [2.24, 2.45) is 0 Å². The van der Waals surface area contributed by atoms with Gasteiger partial charge in [-0.05, 0) is 31.9 Å². The van der Waals surface area contributed by atoms with E-state index in [1.54, 1.807) is 6.92 Å². The van der Waals surface area contributed by atoms with E-state index in [1.807, 2.05) is 0 Å². The number of ether oxygens (including phenoxy) is 1. The van der Waals surface area contributed by atoms with Gasteiger partial charge in [0.15, 0.2) is 0 Å². The Kier molecular flexibility index (Phi) is 4.15. The van der Waals surface area contributed by atoms with Crippen LogP contribution in [-0.2, 0) is 4.74 Å². The molecule has 0 saturated heterocycles. The van der Waals surface area contributed by atoms with Gasteiger partial charge in [0.2, 0.25) is 0 Å². The van der Waals surface area contributed by atoms with Crippen LogP contribution in [0.2, 0.25) is 0 Å². The van der Waals surface area contributed by atoms with Crippen LogP contribution in [-0.4, -0.2) is 36.3 Å². The first kappa shape index (κ1) is 14.6. The van der Waals surface area contributed by atoms with Crippen LogP contribution in [0.15, 0.2) is 18.3 Å².